The third-order valence-electron chi connectivity index (χ3n) is 5.23. The zero-order valence-corrected chi connectivity index (χ0v) is 14.1. The first kappa shape index (κ1) is 16.5. The lowest BCUT2D eigenvalue weighted by Gasteiger charge is -2.17. The Morgan fingerprint density at radius 3 is 2.61 bits per heavy atom. The van der Waals surface area contributed by atoms with Crippen molar-refractivity contribution < 1.29 is 9.53 Å². The highest BCUT2D eigenvalue weighted by Gasteiger charge is 2.36. The first-order valence-electron chi connectivity index (χ1n) is 8.90. The molecule has 1 aromatic rings. The van der Waals surface area contributed by atoms with E-state index < -0.39 is 0 Å². The number of fused-ring (bicyclic) bond motifs is 1. The first-order chi connectivity index (χ1) is 11.3. The summed E-state index contributed by atoms with van der Waals surface area (Å²) in [6, 6.07) is 8.16. The zero-order valence-electron chi connectivity index (χ0n) is 14.1. The summed E-state index contributed by atoms with van der Waals surface area (Å²) < 4.78 is 5.50. The smallest absolute Gasteiger partial charge is 0.234 e. The monoisotopic (exact) mass is 316 g/mol. The van der Waals surface area contributed by atoms with Gasteiger partial charge in [0.05, 0.1) is 13.2 Å². The molecule has 1 saturated heterocycles. The van der Waals surface area contributed by atoms with Crippen molar-refractivity contribution in [2.24, 2.45) is 11.8 Å². The largest absolute Gasteiger partial charge is 0.377 e. The van der Waals surface area contributed by atoms with Gasteiger partial charge < -0.3 is 10.1 Å². The number of benzene rings is 1. The number of nitrogens with one attached hydrogen (secondary N) is 1. The van der Waals surface area contributed by atoms with Gasteiger partial charge in [0, 0.05) is 26.2 Å². The Hall–Kier alpha value is -1.39. The molecule has 1 heterocycles. The van der Waals surface area contributed by atoms with Gasteiger partial charge in [-0.3, -0.25) is 9.69 Å². The molecule has 0 aromatic heterocycles. The maximum atomic E-state index is 12.2. The zero-order chi connectivity index (χ0) is 16.1. The molecule has 2 aliphatic rings. The summed E-state index contributed by atoms with van der Waals surface area (Å²) in [7, 11) is 0. The summed E-state index contributed by atoms with van der Waals surface area (Å²) in [4.78, 5) is 14.6. The molecule has 2 fully saturated rings. The van der Waals surface area contributed by atoms with Crippen molar-refractivity contribution in [2.75, 3.05) is 26.2 Å². The van der Waals surface area contributed by atoms with Crippen LogP contribution in [0.4, 0.5) is 0 Å². The van der Waals surface area contributed by atoms with E-state index in [1.54, 1.807) is 0 Å². The number of carbonyl (C=O) groups is 1. The molecule has 0 bridgehead atoms. The number of ether oxygens (including phenoxy) is 1. The Labute approximate surface area is 139 Å². The quantitative estimate of drug-likeness (QED) is 0.840. The Morgan fingerprint density at radius 2 is 1.91 bits per heavy atom. The summed E-state index contributed by atoms with van der Waals surface area (Å²) >= 11 is 0. The molecule has 4 heteroatoms. The third kappa shape index (κ3) is 4.33. The van der Waals surface area contributed by atoms with Crippen molar-refractivity contribution in [1.82, 2.24) is 10.2 Å². The fourth-order valence-corrected chi connectivity index (χ4v) is 4.00. The topological polar surface area (TPSA) is 41.6 Å². The molecular weight excluding hydrogens is 288 g/mol. The highest BCUT2D eigenvalue weighted by molar-refractivity contribution is 5.78. The standard InChI is InChI=1S/C19H28N2O2/c1-2-23-14-18-7-4-3-6-15(18)10-20-19(22)13-21-11-16-8-5-9-17(16)12-21/h3-4,6-7,16-17H,2,5,8-14H2,1H3,(H,20,22)/t16-,17+. The number of nitrogens with zero attached hydrogens (tertiary/aromatic N) is 1. The first-order valence-corrected chi connectivity index (χ1v) is 8.90. The van der Waals surface area contributed by atoms with Crippen LogP contribution < -0.4 is 5.32 Å². The molecule has 3 rings (SSSR count). The lowest BCUT2D eigenvalue weighted by atomic mass is 10.0. The SMILES string of the molecule is CCOCc1ccccc1CNC(=O)CN1C[C@H]2CCC[C@H]2C1. The van der Waals surface area contributed by atoms with Gasteiger partial charge >= 0.3 is 0 Å². The van der Waals surface area contributed by atoms with Gasteiger partial charge in [-0.05, 0) is 42.7 Å². The molecule has 1 saturated carbocycles. The molecule has 1 aromatic carbocycles. The molecule has 0 radical (unpaired) electrons. The lowest BCUT2D eigenvalue weighted by Crippen LogP contribution is -2.36. The number of hydrogen-bond acceptors (Lipinski definition) is 3. The second-order valence-electron chi connectivity index (χ2n) is 6.83. The van der Waals surface area contributed by atoms with E-state index in [-0.39, 0.29) is 5.91 Å². The van der Waals surface area contributed by atoms with Crippen molar-refractivity contribution in [3.63, 3.8) is 0 Å². The average Bonchev–Trinajstić information content (AvgIpc) is 3.13. The van der Waals surface area contributed by atoms with E-state index in [1.165, 1.54) is 19.3 Å². The van der Waals surface area contributed by atoms with E-state index >= 15 is 0 Å². The van der Waals surface area contributed by atoms with Gasteiger partial charge in [0.1, 0.15) is 0 Å². The maximum absolute atomic E-state index is 12.2. The molecular formula is C19H28N2O2. The third-order valence-corrected chi connectivity index (χ3v) is 5.23. The van der Waals surface area contributed by atoms with Gasteiger partial charge in [-0.2, -0.15) is 0 Å². The van der Waals surface area contributed by atoms with Crippen LogP contribution in [0.3, 0.4) is 0 Å². The Morgan fingerprint density at radius 1 is 1.22 bits per heavy atom. The number of carbonyl (C=O) groups excluding carboxylic acids is 1. The molecule has 1 N–H and O–H groups in total. The van der Waals surface area contributed by atoms with Crippen LogP contribution >= 0.6 is 0 Å². The molecule has 1 aliphatic carbocycles. The van der Waals surface area contributed by atoms with E-state index in [9.17, 15) is 4.79 Å². The predicted octanol–water partition coefficient (Wildman–Crippen LogP) is 2.57. The molecule has 1 amide bonds. The van der Waals surface area contributed by atoms with Crippen molar-refractivity contribution in [1.29, 1.82) is 0 Å². The van der Waals surface area contributed by atoms with Crippen molar-refractivity contribution in [3.05, 3.63) is 35.4 Å². The molecule has 4 nitrogen and oxygen atoms in total. The van der Waals surface area contributed by atoms with E-state index in [1.807, 2.05) is 19.1 Å². The van der Waals surface area contributed by atoms with Gasteiger partial charge in [0.2, 0.25) is 5.91 Å². The predicted molar refractivity (Wildman–Crippen MR) is 90.9 cm³/mol. The molecule has 23 heavy (non-hydrogen) atoms. The second-order valence-corrected chi connectivity index (χ2v) is 6.83. The normalized spacial score (nSPS) is 23.9. The van der Waals surface area contributed by atoms with E-state index in [4.69, 9.17) is 4.74 Å². The Bertz CT molecular complexity index is 520. The highest BCUT2D eigenvalue weighted by Crippen LogP contribution is 2.37. The molecule has 0 unspecified atom stereocenters. The van der Waals surface area contributed by atoms with Crippen LogP contribution in [0.15, 0.2) is 24.3 Å². The Balaban J connectivity index is 1.46. The molecule has 2 atom stereocenters. The van der Waals surface area contributed by atoms with E-state index in [0.29, 0.717) is 26.3 Å². The van der Waals surface area contributed by atoms with Gasteiger partial charge in [-0.1, -0.05) is 30.7 Å². The fourth-order valence-electron chi connectivity index (χ4n) is 4.00. The second kappa shape index (κ2) is 7.93. The summed E-state index contributed by atoms with van der Waals surface area (Å²) in [5, 5.41) is 3.07. The van der Waals surface area contributed by atoms with Crippen LogP contribution in [0.1, 0.15) is 37.3 Å². The van der Waals surface area contributed by atoms with Gasteiger partial charge in [-0.15, -0.1) is 0 Å². The highest BCUT2D eigenvalue weighted by atomic mass is 16.5. The Kier molecular flexibility index (Phi) is 5.68. The van der Waals surface area contributed by atoms with Crippen molar-refractivity contribution in [2.45, 2.75) is 39.3 Å². The van der Waals surface area contributed by atoms with Crippen molar-refractivity contribution >= 4 is 5.91 Å². The summed E-state index contributed by atoms with van der Waals surface area (Å²) in [6.45, 7) is 6.66. The maximum Gasteiger partial charge on any atom is 0.234 e. The van der Waals surface area contributed by atoms with Gasteiger partial charge in [-0.25, -0.2) is 0 Å². The molecule has 1 aliphatic heterocycles. The van der Waals surface area contributed by atoms with Crippen molar-refractivity contribution in [3.8, 4) is 0 Å². The number of hydrogen-bond donors (Lipinski definition) is 1. The summed E-state index contributed by atoms with van der Waals surface area (Å²) in [5.74, 6) is 1.82. The summed E-state index contributed by atoms with van der Waals surface area (Å²) in [5.41, 5.74) is 2.30. The number of amides is 1. The van der Waals surface area contributed by atoms with Gasteiger partial charge in [0.15, 0.2) is 0 Å². The minimum Gasteiger partial charge on any atom is -0.377 e. The van der Waals surface area contributed by atoms with E-state index in [0.717, 1.165) is 36.1 Å². The minimum atomic E-state index is 0.135. The van der Waals surface area contributed by atoms with Crippen LogP contribution in [0.25, 0.3) is 0 Å². The van der Waals surface area contributed by atoms with Crippen LogP contribution in [-0.4, -0.2) is 37.0 Å². The van der Waals surface area contributed by atoms with Crippen LogP contribution in [0.5, 0.6) is 0 Å². The molecule has 0 spiro atoms. The average molecular weight is 316 g/mol. The van der Waals surface area contributed by atoms with Crippen LogP contribution in [0.2, 0.25) is 0 Å². The van der Waals surface area contributed by atoms with Gasteiger partial charge in [0.25, 0.3) is 0 Å². The molecule has 126 valence electrons. The van der Waals surface area contributed by atoms with E-state index in [2.05, 4.69) is 22.3 Å². The lowest BCUT2D eigenvalue weighted by molar-refractivity contribution is -0.122. The summed E-state index contributed by atoms with van der Waals surface area (Å²) in [6.07, 6.45) is 4.09. The number of likely N-dealkylation sites (tertiary alicyclic amines) is 1. The van der Waals surface area contributed by atoms with Crippen LogP contribution in [-0.2, 0) is 22.7 Å². The fraction of sp³-hybridized carbons (Fsp3) is 0.632. The number of rotatable bonds is 7. The van der Waals surface area contributed by atoms with Crippen LogP contribution in [0, 0.1) is 11.8 Å². The minimum absolute atomic E-state index is 0.135.